The molecule has 4 amide bonds. The van der Waals surface area contributed by atoms with Crippen LogP contribution in [0.2, 0.25) is 0 Å². The second kappa shape index (κ2) is 6.04. The van der Waals surface area contributed by atoms with Gasteiger partial charge in [0, 0.05) is 0 Å². The quantitative estimate of drug-likeness (QED) is 0.796. The molecule has 2 fully saturated rings. The van der Waals surface area contributed by atoms with Gasteiger partial charge in [0.2, 0.25) is 11.0 Å². The molecular weight excluding hydrogens is 344 g/mol. The molecule has 1 aromatic heterocycles. The van der Waals surface area contributed by atoms with Crippen LogP contribution < -0.4 is 10.6 Å². The first-order valence-electron chi connectivity index (χ1n) is 7.42. The van der Waals surface area contributed by atoms with Gasteiger partial charge < -0.3 is 5.32 Å². The fourth-order valence-electron chi connectivity index (χ4n) is 3.01. The van der Waals surface area contributed by atoms with Crippen LogP contribution in [0.15, 0.2) is 0 Å². The average Bonchev–Trinajstić information content (AvgIpc) is 3.21. The van der Waals surface area contributed by atoms with E-state index in [1.54, 1.807) is 0 Å². The second-order valence-electron chi connectivity index (χ2n) is 5.81. The van der Waals surface area contributed by atoms with Gasteiger partial charge in [0.1, 0.15) is 11.6 Å². The molecule has 1 saturated carbocycles. The Balaban J connectivity index is 1.71. The number of urea groups is 1. The first kappa shape index (κ1) is 16.7. The van der Waals surface area contributed by atoms with Gasteiger partial charge in [-0.25, -0.2) is 18.5 Å². The molecule has 1 aliphatic carbocycles. The van der Waals surface area contributed by atoms with Crippen molar-refractivity contribution in [2.75, 3.05) is 5.32 Å². The molecule has 130 valence electrons. The smallest absolute Gasteiger partial charge is 0.323 e. The average molecular weight is 359 g/mol. The van der Waals surface area contributed by atoms with Gasteiger partial charge in [0.25, 0.3) is 12.3 Å². The third-order valence-corrected chi connectivity index (χ3v) is 5.12. The highest BCUT2D eigenvalue weighted by molar-refractivity contribution is 7.15. The Kier molecular flexibility index (Phi) is 4.20. The van der Waals surface area contributed by atoms with Crippen molar-refractivity contribution in [3.05, 3.63) is 5.01 Å². The predicted molar refractivity (Wildman–Crippen MR) is 79.5 cm³/mol. The van der Waals surface area contributed by atoms with Gasteiger partial charge in [-0.05, 0) is 19.8 Å². The van der Waals surface area contributed by atoms with Crippen LogP contribution in [0.25, 0.3) is 0 Å². The van der Waals surface area contributed by atoms with Crippen LogP contribution in [0, 0.1) is 0 Å². The van der Waals surface area contributed by atoms with Crippen LogP contribution in [0.3, 0.4) is 0 Å². The van der Waals surface area contributed by atoms with Crippen molar-refractivity contribution in [2.45, 2.75) is 50.6 Å². The number of anilines is 1. The highest BCUT2D eigenvalue weighted by Crippen LogP contribution is 2.36. The fourth-order valence-corrected chi connectivity index (χ4v) is 3.61. The molecule has 1 aliphatic heterocycles. The van der Waals surface area contributed by atoms with Crippen LogP contribution >= 0.6 is 11.3 Å². The molecule has 11 heteroatoms. The van der Waals surface area contributed by atoms with Gasteiger partial charge in [-0.1, -0.05) is 24.2 Å². The maximum absolute atomic E-state index is 12.6. The van der Waals surface area contributed by atoms with Gasteiger partial charge in [-0.3, -0.25) is 14.9 Å². The lowest BCUT2D eigenvalue weighted by molar-refractivity contribution is -0.136. The van der Waals surface area contributed by atoms with E-state index in [2.05, 4.69) is 20.8 Å². The molecule has 2 heterocycles. The summed E-state index contributed by atoms with van der Waals surface area (Å²) in [5.41, 5.74) is -0.906. The highest BCUT2D eigenvalue weighted by Gasteiger charge is 2.54. The summed E-state index contributed by atoms with van der Waals surface area (Å²) in [6, 6.07) is -1.70. The Morgan fingerprint density at radius 3 is 2.58 bits per heavy atom. The van der Waals surface area contributed by atoms with Crippen molar-refractivity contribution < 1.29 is 23.2 Å². The van der Waals surface area contributed by atoms with E-state index < -0.39 is 40.9 Å². The zero-order valence-electron chi connectivity index (χ0n) is 12.7. The molecule has 0 bridgehead atoms. The number of imide groups is 1. The van der Waals surface area contributed by atoms with E-state index in [1.165, 1.54) is 6.92 Å². The van der Waals surface area contributed by atoms with Gasteiger partial charge in [-0.15, -0.1) is 10.2 Å². The Bertz CT molecular complexity index is 689. The number of carbonyl (C=O) groups excluding carboxylic acids is 3. The SMILES string of the molecule is CC(C(=O)Nc1nnc(C(F)F)s1)N1C(=O)NC2(CCCC2)C1=O. The zero-order chi connectivity index (χ0) is 17.5. The summed E-state index contributed by atoms with van der Waals surface area (Å²) in [4.78, 5) is 37.8. The van der Waals surface area contributed by atoms with Crippen LogP contribution in [-0.4, -0.2) is 44.5 Å². The number of hydrogen-bond acceptors (Lipinski definition) is 6. The minimum Gasteiger partial charge on any atom is -0.323 e. The Labute approximate surface area is 139 Å². The van der Waals surface area contributed by atoms with E-state index in [1.807, 2.05) is 0 Å². The third kappa shape index (κ3) is 2.72. The topological polar surface area (TPSA) is 104 Å². The minimum atomic E-state index is -2.78. The van der Waals surface area contributed by atoms with Gasteiger partial charge in [0.05, 0.1) is 0 Å². The molecule has 0 radical (unpaired) electrons. The largest absolute Gasteiger partial charge is 0.325 e. The van der Waals surface area contributed by atoms with Crippen LogP contribution in [0.4, 0.5) is 18.7 Å². The summed E-state index contributed by atoms with van der Waals surface area (Å²) in [5.74, 6) is -1.11. The predicted octanol–water partition coefficient (Wildman–Crippen LogP) is 1.67. The third-order valence-electron chi connectivity index (χ3n) is 4.27. The summed E-state index contributed by atoms with van der Waals surface area (Å²) < 4.78 is 25.0. The maximum atomic E-state index is 12.6. The van der Waals surface area contributed by atoms with Crippen molar-refractivity contribution in [1.82, 2.24) is 20.4 Å². The number of aromatic nitrogens is 2. The molecule has 1 unspecified atom stereocenters. The number of hydrogen-bond donors (Lipinski definition) is 2. The number of amides is 4. The molecule has 2 aliphatic rings. The fraction of sp³-hybridized carbons (Fsp3) is 0.615. The lowest BCUT2D eigenvalue weighted by Crippen LogP contribution is -2.48. The van der Waals surface area contributed by atoms with Crippen molar-refractivity contribution in [1.29, 1.82) is 0 Å². The highest BCUT2D eigenvalue weighted by atomic mass is 32.1. The second-order valence-corrected chi connectivity index (χ2v) is 6.81. The maximum Gasteiger partial charge on any atom is 0.325 e. The number of nitrogens with zero attached hydrogens (tertiary/aromatic N) is 3. The monoisotopic (exact) mass is 359 g/mol. The van der Waals surface area contributed by atoms with Crippen molar-refractivity contribution >= 4 is 34.3 Å². The van der Waals surface area contributed by atoms with E-state index in [-0.39, 0.29) is 5.13 Å². The summed E-state index contributed by atoms with van der Waals surface area (Å²) >= 11 is 0.541. The number of nitrogens with one attached hydrogen (secondary N) is 2. The molecule has 1 spiro atoms. The van der Waals surface area contributed by atoms with E-state index in [0.29, 0.717) is 24.2 Å². The normalized spacial score (nSPS) is 20.8. The van der Waals surface area contributed by atoms with Crippen LogP contribution in [0.1, 0.15) is 44.0 Å². The molecule has 1 atom stereocenters. The molecule has 8 nitrogen and oxygen atoms in total. The lowest BCUT2D eigenvalue weighted by Gasteiger charge is -2.23. The van der Waals surface area contributed by atoms with Crippen LogP contribution in [0.5, 0.6) is 0 Å². The summed E-state index contributed by atoms with van der Waals surface area (Å²) in [7, 11) is 0. The van der Waals surface area contributed by atoms with Gasteiger partial charge in [-0.2, -0.15) is 0 Å². The molecule has 1 aromatic rings. The van der Waals surface area contributed by atoms with E-state index in [4.69, 9.17) is 0 Å². The Morgan fingerprint density at radius 1 is 1.33 bits per heavy atom. The number of rotatable bonds is 4. The van der Waals surface area contributed by atoms with E-state index >= 15 is 0 Å². The standard InChI is InChI=1S/C13H15F2N5O3S/c1-6(8(21)16-11-19-18-9(24-11)7(14)15)20-10(22)13(17-12(20)23)4-2-3-5-13/h6-7H,2-5H2,1H3,(H,17,23)(H,16,19,21). The van der Waals surface area contributed by atoms with Crippen molar-refractivity contribution in [3.63, 3.8) is 0 Å². The van der Waals surface area contributed by atoms with E-state index in [0.717, 1.165) is 17.7 Å². The Morgan fingerprint density at radius 2 is 2.00 bits per heavy atom. The molecule has 2 N–H and O–H groups in total. The summed E-state index contributed by atoms with van der Waals surface area (Å²) in [6.07, 6.45) is -0.00476. The molecule has 1 saturated heterocycles. The molecular formula is C13H15F2N5O3S. The van der Waals surface area contributed by atoms with Crippen molar-refractivity contribution in [2.24, 2.45) is 0 Å². The van der Waals surface area contributed by atoms with Crippen LogP contribution in [-0.2, 0) is 9.59 Å². The summed E-state index contributed by atoms with van der Waals surface area (Å²) in [5, 5.41) is 11.1. The van der Waals surface area contributed by atoms with Crippen molar-refractivity contribution in [3.8, 4) is 0 Å². The van der Waals surface area contributed by atoms with Gasteiger partial charge in [0.15, 0.2) is 5.01 Å². The molecule has 3 rings (SSSR count). The molecule has 24 heavy (non-hydrogen) atoms. The number of carbonyl (C=O) groups is 3. The molecule has 0 aromatic carbocycles. The first-order chi connectivity index (χ1) is 11.3. The Hall–Kier alpha value is -2.17. The number of alkyl halides is 2. The van der Waals surface area contributed by atoms with Gasteiger partial charge >= 0.3 is 6.03 Å². The first-order valence-corrected chi connectivity index (χ1v) is 8.24. The zero-order valence-corrected chi connectivity index (χ0v) is 13.5. The van der Waals surface area contributed by atoms with E-state index in [9.17, 15) is 23.2 Å². The lowest BCUT2D eigenvalue weighted by atomic mass is 9.97. The number of halogens is 2. The minimum absolute atomic E-state index is 0.107. The summed E-state index contributed by atoms with van der Waals surface area (Å²) in [6.45, 7) is 1.40.